The molecule has 2 N–H and O–H groups in total. The summed E-state index contributed by atoms with van der Waals surface area (Å²) in [5, 5.41) is 11.9. The maximum atomic E-state index is 11.8. The van der Waals surface area contributed by atoms with Crippen LogP contribution in [0.2, 0.25) is 5.02 Å². The second kappa shape index (κ2) is 6.12. The molecule has 0 aliphatic rings. The van der Waals surface area contributed by atoms with E-state index in [-0.39, 0.29) is 23.7 Å². The molecule has 0 atom stereocenters. The van der Waals surface area contributed by atoms with Crippen LogP contribution in [0, 0.1) is 0 Å². The Balaban J connectivity index is 2.01. The highest BCUT2D eigenvalue weighted by Gasteiger charge is 2.08. The molecule has 0 aliphatic heterocycles. The Labute approximate surface area is 119 Å². The monoisotopic (exact) mass is 291 g/mol. The Bertz CT molecular complexity index is 644. The van der Waals surface area contributed by atoms with E-state index in [1.165, 1.54) is 30.7 Å². The number of carbonyl (C=O) groups is 2. The fourth-order valence-corrected chi connectivity index (χ4v) is 1.60. The number of hydrogen-bond donors (Lipinski definition) is 2. The van der Waals surface area contributed by atoms with Crippen LogP contribution in [0.5, 0.6) is 0 Å². The molecule has 0 unspecified atom stereocenters. The number of amides is 1. The SMILES string of the molecule is O=C(O)c1cncc(CNC(=O)c2ccc(Cl)cn2)c1. The van der Waals surface area contributed by atoms with Crippen molar-refractivity contribution in [1.29, 1.82) is 0 Å². The molecule has 0 fully saturated rings. The molecular weight excluding hydrogens is 282 g/mol. The molecule has 0 saturated heterocycles. The molecule has 0 aliphatic carbocycles. The van der Waals surface area contributed by atoms with Gasteiger partial charge in [0.05, 0.1) is 10.6 Å². The van der Waals surface area contributed by atoms with Gasteiger partial charge in [-0.15, -0.1) is 0 Å². The average molecular weight is 292 g/mol. The zero-order chi connectivity index (χ0) is 14.5. The van der Waals surface area contributed by atoms with Crippen LogP contribution in [0.3, 0.4) is 0 Å². The minimum absolute atomic E-state index is 0.0707. The number of aromatic carboxylic acids is 1. The smallest absolute Gasteiger partial charge is 0.337 e. The molecule has 0 radical (unpaired) electrons. The van der Waals surface area contributed by atoms with E-state index in [0.29, 0.717) is 10.6 Å². The predicted molar refractivity (Wildman–Crippen MR) is 71.6 cm³/mol. The number of hydrogen-bond acceptors (Lipinski definition) is 4. The van der Waals surface area contributed by atoms with E-state index in [9.17, 15) is 9.59 Å². The molecule has 0 aromatic carbocycles. The molecule has 2 heterocycles. The molecule has 6 nitrogen and oxygen atoms in total. The van der Waals surface area contributed by atoms with Gasteiger partial charge in [-0.25, -0.2) is 9.78 Å². The third-order valence-corrected chi connectivity index (χ3v) is 2.68. The Morgan fingerprint density at radius 2 is 2.05 bits per heavy atom. The van der Waals surface area contributed by atoms with Gasteiger partial charge in [0.15, 0.2) is 0 Å². The van der Waals surface area contributed by atoms with Crippen LogP contribution in [-0.4, -0.2) is 27.0 Å². The molecule has 7 heteroatoms. The van der Waals surface area contributed by atoms with Crippen molar-refractivity contribution >= 4 is 23.5 Å². The van der Waals surface area contributed by atoms with Crippen molar-refractivity contribution in [3.8, 4) is 0 Å². The van der Waals surface area contributed by atoms with Gasteiger partial charge in [0.25, 0.3) is 5.91 Å². The molecule has 0 spiro atoms. The molecule has 0 saturated carbocycles. The lowest BCUT2D eigenvalue weighted by Crippen LogP contribution is -2.23. The van der Waals surface area contributed by atoms with E-state index < -0.39 is 5.97 Å². The number of carboxylic acids is 1. The number of pyridine rings is 2. The summed E-state index contributed by atoms with van der Waals surface area (Å²) >= 11 is 5.68. The minimum Gasteiger partial charge on any atom is -0.478 e. The van der Waals surface area contributed by atoms with Gasteiger partial charge in [-0.05, 0) is 23.8 Å². The summed E-state index contributed by atoms with van der Waals surface area (Å²) in [6.45, 7) is 0.164. The Kier molecular flexibility index (Phi) is 4.27. The zero-order valence-electron chi connectivity index (χ0n) is 10.2. The van der Waals surface area contributed by atoms with Crippen molar-refractivity contribution < 1.29 is 14.7 Å². The lowest BCUT2D eigenvalue weighted by atomic mass is 10.2. The van der Waals surface area contributed by atoms with Crippen molar-refractivity contribution in [1.82, 2.24) is 15.3 Å². The van der Waals surface area contributed by atoms with E-state index in [4.69, 9.17) is 16.7 Å². The molecular formula is C13H10ClN3O3. The Morgan fingerprint density at radius 3 is 2.70 bits per heavy atom. The van der Waals surface area contributed by atoms with Gasteiger partial charge in [-0.2, -0.15) is 0 Å². The summed E-state index contributed by atoms with van der Waals surface area (Å²) in [7, 11) is 0. The van der Waals surface area contributed by atoms with Gasteiger partial charge in [-0.3, -0.25) is 9.78 Å². The van der Waals surface area contributed by atoms with E-state index >= 15 is 0 Å². The average Bonchev–Trinajstić information content (AvgIpc) is 2.46. The first-order valence-corrected chi connectivity index (χ1v) is 6.01. The first-order valence-electron chi connectivity index (χ1n) is 5.63. The molecule has 102 valence electrons. The molecule has 2 aromatic rings. The third-order valence-electron chi connectivity index (χ3n) is 2.45. The summed E-state index contributed by atoms with van der Waals surface area (Å²) in [6, 6.07) is 4.52. The number of aromatic nitrogens is 2. The second-order valence-corrected chi connectivity index (χ2v) is 4.37. The van der Waals surface area contributed by atoms with Crippen molar-refractivity contribution in [2.24, 2.45) is 0 Å². The Hall–Kier alpha value is -2.47. The van der Waals surface area contributed by atoms with Crippen molar-refractivity contribution in [3.05, 3.63) is 58.6 Å². The fraction of sp³-hybridized carbons (Fsp3) is 0.0769. The van der Waals surface area contributed by atoms with Crippen LogP contribution in [0.4, 0.5) is 0 Å². The largest absolute Gasteiger partial charge is 0.478 e. The summed E-state index contributed by atoms with van der Waals surface area (Å²) in [5.41, 5.74) is 0.894. The van der Waals surface area contributed by atoms with E-state index in [2.05, 4.69) is 15.3 Å². The van der Waals surface area contributed by atoms with Gasteiger partial charge in [-0.1, -0.05) is 11.6 Å². The topological polar surface area (TPSA) is 92.2 Å². The number of carbonyl (C=O) groups excluding carboxylic acids is 1. The quantitative estimate of drug-likeness (QED) is 0.895. The van der Waals surface area contributed by atoms with Gasteiger partial charge in [0.2, 0.25) is 0 Å². The van der Waals surface area contributed by atoms with Crippen molar-refractivity contribution in [3.63, 3.8) is 0 Å². The van der Waals surface area contributed by atoms with Crippen LogP contribution >= 0.6 is 11.6 Å². The standard InChI is InChI=1S/C13H10ClN3O3/c14-10-1-2-11(16-7-10)12(18)17-5-8-3-9(13(19)20)6-15-4-8/h1-4,6-7H,5H2,(H,17,18)(H,19,20). The molecule has 20 heavy (non-hydrogen) atoms. The summed E-state index contributed by atoms with van der Waals surface area (Å²) in [6.07, 6.45) is 4.11. The highest BCUT2D eigenvalue weighted by molar-refractivity contribution is 6.30. The van der Waals surface area contributed by atoms with Gasteiger partial charge in [0, 0.05) is 25.1 Å². The first-order chi connectivity index (χ1) is 9.56. The second-order valence-electron chi connectivity index (χ2n) is 3.93. The van der Waals surface area contributed by atoms with Gasteiger partial charge in [0.1, 0.15) is 5.69 Å². The number of nitrogens with zero attached hydrogens (tertiary/aromatic N) is 2. The maximum Gasteiger partial charge on any atom is 0.337 e. The fourth-order valence-electron chi connectivity index (χ4n) is 1.48. The van der Waals surface area contributed by atoms with Crippen LogP contribution < -0.4 is 5.32 Å². The van der Waals surface area contributed by atoms with Crippen molar-refractivity contribution in [2.45, 2.75) is 6.54 Å². The van der Waals surface area contributed by atoms with E-state index in [1.54, 1.807) is 6.07 Å². The lowest BCUT2D eigenvalue weighted by Gasteiger charge is -2.05. The number of halogens is 1. The van der Waals surface area contributed by atoms with Gasteiger partial charge >= 0.3 is 5.97 Å². The number of rotatable bonds is 4. The normalized spacial score (nSPS) is 10.1. The third kappa shape index (κ3) is 3.52. The summed E-state index contributed by atoms with van der Waals surface area (Å²) < 4.78 is 0. The molecule has 2 rings (SSSR count). The highest BCUT2D eigenvalue weighted by atomic mass is 35.5. The number of carboxylic acid groups (broad SMARTS) is 1. The Morgan fingerprint density at radius 1 is 1.25 bits per heavy atom. The summed E-state index contributed by atoms with van der Waals surface area (Å²) in [5.74, 6) is -1.44. The molecule has 1 amide bonds. The number of nitrogens with one attached hydrogen (secondary N) is 1. The van der Waals surface area contributed by atoms with Crippen molar-refractivity contribution in [2.75, 3.05) is 0 Å². The summed E-state index contributed by atoms with van der Waals surface area (Å²) in [4.78, 5) is 30.3. The highest BCUT2D eigenvalue weighted by Crippen LogP contribution is 2.07. The van der Waals surface area contributed by atoms with E-state index in [1.807, 2.05) is 0 Å². The van der Waals surface area contributed by atoms with Crippen LogP contribution in [0.15, 0.2) is 36.8 Å². The van der Waals surface area contributed by atoms with E-state index in [0.717, 1.165) is 0 Å². The first kappa shape index (κ1) is 14.0. The van der Waals surface area contributed by atoms with Gasteiger partial charge < -0.3 is 10.4 Å². The zero-order valence-corrected chi connectivity index (χ0v) is 11.0. The van der Waals surface area contributed by atoms with Crippen LogP contribution in [-0.2, 0) is 6.54 Å². The van der Waals surface area contributed by atoms with Crippen LogP contribution in [0.25, 0.3) is 0 Å². The predicted octanol–water partition coefficient (Wildman–Crippen LogP) is 1.76. The maximum absolute atomic E-state index is 11.8. The van der Waals surface area contributed by atoms with Crippen LogP contribution in [0.1, 0.15) is 26.4 Å². The molecule has 0 bridgehead atoms. The molecule has 2 aromatic heterocycles. The minimum atomic E-state index is -1.06. The lowest BCUT2D eigenvalue weighted by molar-refractivity contribution is 0.0696.